The minimum Gasteiger partial charge on any atom is -0.478 e. The molecule has 0 aliphatic carbocycles. The van der Waals surface area contributed by atoms with Crippen molar-refractivity contribution in [2.75, 3.05) is 0 Å². The number of hydrogen-bond acceptors (Lipinski definition) is 1. The Morgan fingerprint density at radius 1 is 1.50 bits per heavy atom. The SMILES string of the molecule is Cc1cc2c(C(=O)O)ccc(Cl)c2[nH]1. The quantitative estimate of drug-likeness (QED) is 0.759. The average Bonchev–Trinajstić information content (AvgIpc) is 2.47. The lowest BCUT2D eigenvalue weighted by molar-refractivity contribution is 0.0699. The standard InChI is InChI=1S/C10H8ClNO2/c1-5-4-7-6(10(13)14)2-3-8(11)9(7)12-5/h2-4,12H,1H3,(H,13,14). The summed E-state index contributed by atoms with van der Waals surface area (Å²) in [6, 6.07) is 4.88. The van der Waals surface area contributed by atoms with E-state index in [1.54, 1.807) is 12.1 Å². The van der Waals surface area contributed by atoms with Crippen LogP contribution in [0.1, 0.15) is 16.1 Å². The second-order valence-corrected chi connectivity index (χ2v) is 3.55. The summed E-state index contributed by atoms with van der Waals surface area (Å²) in [5, 5.41) is 10.1. The zero-order valence-electron chi connectivity index (χ0n) is 7.47. The van der Waals surface area contributed by atoms with Crippen LogP contribution < -0.4 is 0 Å². The van der Waals surface area contributed by atoms with Gasteiger partial charge in [-0.15, -0.1) is 0 Å². The molecule has 0 fully saturated rings. The van der Waals surface area contributed by atoms with Crippen LogP contribution in [0.3, 0.4) is 0 Å². The molecule has 1 aromatic heterocycles. The van der Waals surface area contributed by atoms with Crippen LogP contribution in [0.25, 0.3) is 10.9 Å². The fourth-order valence-corrected chi connectivity index (χ4v) is 1.72. The normalized spacial score (nSPS) is 10.7. The second-order valence-electron chi connectivity index (χ2n) is 3.14. The molecule has 0 aliphatic rings. The predicted octanol–water partition coefficient (Wildman–Crippen LogP) is 2.83. The van der Waals surface area contributed by atoms with Gasteiger partial charge in [-0.1, -0.05) is 11.6 Å². The van der Waals surface area contributed by atoms with Crippen molar-refractivity contribution >= 4 is 28.5 Å². The Bertz CT molecular complexity index is 516. The van der Waals surface area contributed by atoms with Crippen LogP contribution in [0, 0.1) is 6.92 Å². The van der Waals surface area contributed by atoms with Gasteiger partial charge in [0.15, 0.2) is 0 Å². The molecule has 1 aromatic carbocycles. The van der Waals surface area contributed by atoms with E-state index in [4.69, 9.17) is 16.7 Å². The maximum Gasteiger partial charge on any atom is 0.336 e. The number of carbonyl (C=O) groups is 1. The molecule has 3 nitrogen and oxygen atoms in total. The van der Waals surface area contributed by atoms with Gasteiger partial charge in [0, 0.05) is 11.1 Å². The first-order chi connectivity index (χ1) is 6.59. The Labute approximate surface area is 85.3 Å². The van der Waals surface area contributed by atoms with Crippen LogP contribution >= 0.6 is 11.6 Å². The summed E-state index contributed by atoms with van der Waals surface area (Å²) in [4.78, 5) is 13.9. The number of halogens is 1. The molecule has 72 valence electrons. The number of carboxylic acid groups (broad SMARTS) is 1. The third kappa shape index (κ3) is 1.26. The Morgan fingerprint density at radius 2 is 2.21 bits per heavy atom. The minimum absolute atomic E-state index is 0.272. The van der Waals surface area contributed by atoms with Crippen LogP contribution in [-0.2, 0) is 0 Å². The summed E-state index contributed by atoms with van der Waals surface area (Å²) in [5.74, 6) is -0.939. The summed E-state index contributed by atoms with van der Waals surface area (Å²) in [5.41, 5.74) is 1.86. The lowest BCUT2D eigenvalue weighted by Gasteiger charge is -1.98. The average molecular weight is 210 g/mol. The molecular formula is C10H8ClNO2. The van der Waals surface area contributed by atoms with E-state index in [9.17, 15) is 4.79 Å². The van der Waals surface area contributed by atoms with E-state index in [1.165, 1.54) is 6.07 Å². The first kappa shape index (κ1) is 9.09. The van der Waals surface area contributed by atoms with E-state index < -0.39 is 5.97 Å². The number of carboxylic acids is 1. The fraction of sp³-hybridized carbons (Fsp3) is 0.100. The Balaban J connectivity index is 2.87. The zero-order valence-corrected chi connectivity index (χ0v) is 8.22. The van der Waals surface area contributed by atoms with Crippen molar-refractivity contribution in [3.05, 3.63) is 34.5 Å². The predicted molar refractivity (Wildman–Crippen MR) is 55.0 cm³/mol. The number of rotatable bonds is 1. The molecule has 0 amide bonds. The molecule has 2 rings (SSSR count). The van der Waals surface area contributed by atoms with E-state index in [0.717, 1.165) is 5.69 Å². The maximum atomic E-state index is 10.9. The van der Waals surface area contributed by atoms with Crippen LogP contribution in [0.4, 0.5) is 0 Å². The number of aryl methyl sites for hydroxylation is 1. The number of hydrogen-bond donors (Lipinski definition) is 2. The number of fused-ring (bicyclic) bond motifs is 1. The molecule has 0 unspecified atom stereocenters. The number of H-pyrrole nitrogens is 1. The van der Waals surface area contributed by atoms with Gasteiger partial charge in [0.25, 0.3) is 0 Å². The Kier molecular flexibility index (Phi) is 1.97. The van der Waals surface area contributed by atoms with Gasteiger partial charge in [-0.05, 0) is 25.1 Å². The highest BCUT2D eigenvalue weighted by Gasteiger charge is 2.11. The maximum absolute atomic E-state index is 10.9. The van der Waals surface area contributed by atoms with Crippen molar-refractivity contribution in [2.24, 2.45) is 0 Å². The van der Waals surface area contributed by atoms with Crippen LogP contribution in [0.2, 0.25) is 5.02 Å². The largest absolute Gasteiger partial charge is 0.478 e. The molecule has 2 aromatic rings. The summed E-state index contributed by atoms with van der Waals surface area (Å²) < 4.78 is 0. The van der Waals surface area contributed by atoms with Crippen molar-refractivity contribution in [1.29, 1.82) is 0 Å². The van der Waals surface area contributed by atoms with E-state index in [1.807, 2.05) is 6.92 Å². The number of aromatic carboxylic acids is 1. The van der Waals surface area contributed by atoms with Gasteiger partial charge in [-0.3, -0.25) is 0 Å². The smallest absolute Gasteiger partial charge is 0.336 e. The molecule has 0 radical (unpaired) electrons. The summed E-state index contributed by atoms with van der Waals surface area (Å²) in [7, 11) is 0. The molecule has 0 saturated carbocycles. The first-order valence-electron chi connectivity index (χ1n) is 4.10. The molecule has 0 saturated heterocycles. The van der Waals surface area contributed by atoms with Crippen LogP contribution in [-0.4, -0.2) is 16.1 Å². The molecule has 0 spiro atoms. The Hall–Kier alpha value is -1.48. The van der Waals surface area contributed by atoms with Crippen LogP contribution in [0.15, 0.2) is 18.2 Å². The first-order valence-corrected chi connectivity index (χ1v) is 4.48. The van der Waals surface area contributed by atoms with Crippen molar-refractivity contribution in [3.8, 4) is 0 Å². The molecular weight excluding hydrogens is 202 g/mol. The third-order valence-corrected chi connectivity index (χ3v) is 2.42. The summed E-state index contributed by atoms with van der Waals surface area (Å²) >= 11 is 5.92. The molecule has 0 bridgehead atoms. The highest BCUT2D eigenvalue weighted by atomic mass is 35.5. The van der Waals surface area contributed by atoms with Crippen molar-refractivity contribution in [1.82, 2.24) is 4.98 Å². The topological polar surface area (TPSA) is 53.1 Å². The van der Waals surface area contributed by atoms with Gasteiger partial charge >= 0.3 is 5.97 Å². The summed E-state index contributed by atoms with van der Waals surface area (Å²) in [6.07, 6.45) is 0. The van der Waals surface area contributed by atoms with E-state index in [2.05, 4.69) is 4.98 Å². The van der Waals surface area contributed by atoms with Gasteiger partial charge in [0.1, 0.15) is 0 Å². The van der Waals surface area contributed by atoms with Gasteiger partial charge in [-0.2, -0.15) is 0 Å². The van der Waals surface area contributed by atoms with Crippen molar-refractivity contribution < 1.29 is 9.90 Å². The summed E-state index contributed by atoms with van der Waals surface area (Å²) in [6.45, 7) is 1.86. The van der Waals surface area contributed by atoms with Gasteiger partial charge in [0.2, 0.25) is 0 Å². The molecule has 14 heavy (non-hydrogen) atoms. The lowest BCUT2D eigenvalue weighted by Crippen LogP contribution is -1.96. The number of aromatic amines is 1. The highest BCUT2D eigenvalue weighted by Crippen LogP contribution is 2.26. The molecule has 4 heteroatoms. The van der Waals surface area contributed by atoms with E-state index in [-0.39, 0.29) is 5.56 Å². The zero-order chi connectivity index (χ0) is 10.3. The van der Waals surface area contributed by atoms with Crippen molar-refractivity contribution in [2.45, 2.75) is 6.92 Å². The van der Waals surface area contributed by atoms with E-state index in [0.29, 0.717) is 15.9 Å². The minimum atomic E-state index is -0.939. The second kappa shape index (κ2) is 3.03. The number of benzene rings is 1. The molecule has 1 heterocycles. The Morgan fingerprint density at radius 3 is 2.86 bits per heavy atom. The van der Waals surface area contributed by atoms with Crippen molar-refractivity contribution in [3.63, 3.8) is 0 Å². The third-order valence-electron chi connectivity index (χ3n) is 2.11. The number of aromatic nitrogens is 1. The highest BCUT2D eigenvalue weighted by molar-refractivity contribution is 6.35. The molecule has 0 atom stereocenters. The molecule has 2 N–H and O–H groups in total. The number of nitrogens with one attached hydrogen (secondary N) is 1. The van der Waals surface area contributed by atoms with Crippen LogP contribution in [0.5, 0.6) is 0 Å². The fourth-order valence-electron chi connectivity index (χ4n) is 1.51. The van der Waals surface area contributed by atoms with Gasteiger partial charge in [-0.25, -0.2) is 4.79 Å². The van der Waals surface area contributed by atoms with E-state index >= 15 is 0 Å². The van der Waals surface area contributed by atoms with Gasteiger partial charge < -0.3 is 10.1 Å². The molecule has 0 aliphatic heterocycles. The lowest BCUT2D eigenvalue weighted by atomic mass is 10.1. The van der Waals surface area contributed by atoms with Gasteiger partial charge in [0.05, 0.1) is 16.1 Å². The monoisotopic (exact) mass is 209 g/mol.